The third kappa shape index (κ3) is 2.63. The normalized spacial score (nSPS) is 25.5. The van der Waals surface area contributed by atoms with Crippen LogP contribution in [0.2, 0.25) is 0 Å². The molecule has 5 nitrogen and oxygen atoms in total. The summed E-state index contributed by atoms with van der Waals surface area (Å²) in [5.74, 6) is -0.266. The number of carbonyl (C=O) groups is 2. The number of fused-ring (bicyclic) bond motifs is 1. The lowest BCUT2D eigenvalue weighted by Gasteiger charge is -2.50. The molecule has 1 aromatic rings. The Kier molecular flexibility index (Phi) is 3.71. The first-order valence-electron chi connectivity index (χ1n) is 8.15. The molecular formula is C18H24N2O3. The third-order valence-corrected chi connectivity index (χ3v) is 5.13. The number of imide groups is 1. The van der Waals surface area contributed by atoms with Crippen molar-refractivity contribution in [1.29, 1.82) is 0 Å². The fraction of sp³-hybridized carbons (Fsp3) is 0.556. The summed E-state index contributed by atoms with van der Waals surface area (Å²) in [5.41, 5.74) is 0.811. The Labute approximate surface area is 136 Å². The molecule has 0 saturated carbocycles. The number of amides is 2. The molecule has 0 aromatic heterocycles. The van der Waals surface area contributed by atoms with Crippen LogP contribution in [0.5, 0.6) is 0 Å². The molecule has 124 valence electrons. The van der Waals surface area contributed by atoms with Crippen LogP contribution in [0.4, 0.5) is 10.5 Å². The zero-order valence-corrected chi connectivity index (χ0v) is 14.0. The summed E-state index contributed by atoms with van der Waals surface area (Å²) >= 11 is 0. The van der Waals surface area contributed by atoms with Crippen LogP contribution in [0.1, 0.15) is 39.2 Å². The number of carbonyl (C=O) groups excluding carboxylic acids is 1. The monoisotopic (exact) mass is 316 g/mol. The van der Waals surface area contributed by atoms with Crippen LogP contribution < -0.4 is 4.90 Å². The van der Waals surface area contributed by atoms with Gasteiger partial charge in [0.25, 0.3) is 0 Å². The lowest BCUT2D eigenvalue weighted by Crippen LogP contribution is -2.60. The Bertz CT molecular complexity index is 650. The summed E-state index contributed by atoms with van der Waals surface area (Å²) in [6.07, 6.45) is 1.10. The molecular weight excluding hydrogens is 292 g/mol. The first kappa shape index (κ1) is 16.0. The molecule has 5 heteroatoms. The molecule has 1 atom stereocenters. The summed E-state index contributed by atoms with van der Waals surface area (Å²) in [7, 11) is 0. The average molecular weight is 316 g/mol. The van der Waals surface area contributed by atoms with Gasteiger partial charge in [0.1, 0.15) is 0 Å². The number of anilines is 1. The second-order valence-corrected chi connectivity index (χ2v) is 7.70. The van der Waals surface area contributed by atoms with Gasteiger partial charge in [-0.25, -0.2) is 9.69 Å². The second-order valence-electron chi connectivity index (χ2n) is 7.70. The first-order chi connectivity index (χ1) is 10.7. The molecule has 2 aliphatic rings. The van der Waals surface area contributed by atoms with Gasteiger partial charge in [-0.15, -0.1) is 0 Å². The predicted molar refractivity (Wildman–Crippen MR) is 88.6 cm³/mol. The van der Waals surface area contributed by atoms with E-state index in [2.05, 4.69) is 25.7 Å². The number of benzene rings is 1. The molecule has 2 heterocycles. The van der Waals surface area contributed by atoms with Gasteiger partial charge in [-0.1, -0.05) is 18.2 Å². The van der Waals surface area contributed by atoms with E-state index in [4.69, 9.17) is 0 Å². The van der Waals surface area contributed by atoms with Gasteiger partial charge in [0.05, 0.1) is 11.1 Å². The lowest BCUT2D eigenvalue weighted by molar-refractivity contribution is -0.133. The molecule has 2 aliphatic heterocycles. The number of piperidine rings is 1. The summed E-state index contributed by atoms with van der Waals surface area (Å²) < 4.78 is 0. The summed E-state index contributed by atoms with van der Waals surface area (Å²) in [5, 5.41) is 9.59. The topological polar surface area (TPSA) is 60.9 Å². The van der Waals surface area contributed by atoms with Crippen LogP contribution in [-0.4, -0.2) is 40.6 Å². The highest BCUT2D eigenvalue weighted by atomic mass is 16.4. The van der Waals surface area contributed by atoms with E-state index in [9.17, 15) is 14.7 Å². The van der Waals surface area contributed by atoms with Crippen molar-refractivity contribution in [3.8, 4) is 0 Å². The molecule has 3 rings (SSSR count). The molecule has 1 aromatic carbocycles. The highest BCUT2D eigenvalue weighted by Crippen LogP contribution is 2.44. The number of carboxylic acid groups (broad SMARTS) is 1. The van der Waals surface area contributed by atoms with Gasteiger partial charge >= 0.3 is 6.09 Å². The largest absolute Gasteiger partial charge is 0.464 e. The van der Waals surface area contributed by atoms with Gasteiger partial charge in [-0.3, -0.25) is 9.69 Å². The van der Waals surface area contributed by atoms with Crippen LogP contribution in [0, 0.1) is 5.41 Å². The minimum absolute atomic E-state index is 0.0290. The summed E-state index contributed by atoms with van der Waals surface area (Å²) in [4.78, 5) is 28.1. The number of nitrogens with zero attached hydrogens (tertiary/aromatic N) is 2. The second kappa shape index (κ2) is 5.34. The molecule has 1 N–H and O–H groups in total. The fourth-order valence-corrected chi connectivity index (χ4v) is 3.88. The number of rotatable bonds is 0. The van der Waals surface area contributed by atoms with Crippen LogP contribution >= 0.6 is 0 Å². The van der Waals surface area contributed by atoms with E-state index in [1.54, 1.807) is 12.1 Å². The Morgan fingerprint density at radius 2 is 1.96 bits per heavy atom. The molecule has 0 aliphatic carbocycles. The van der Waals surface area contributed by atoms with E-state index < -0.39 is 11.5 Å². The highest BCUT2D eigenvalue weighted by Gasteiger charge is 2.51. The number of para-hydroxylation sites is 1. The van der Waals surface area contributed by atoms with Gasteiger partial charge in [-0.2, -0.15) is 0 Å². The average Bonchev–Trinajstić information content (AvgIpc) is 2.47. The molecule has 0 radical (unpaired) electrons. The Morgan fingerprint density at radius 1 is 1.26 bits per heavy atom. The molecule has 0 bridgehead atoms. The Morgan fingerprint density at radius 3 is 2.61 bits per heavy atom. The number of hydrogen-bond donors (Lipinski definition) is 1. The molecule has 2 amide bonds. The van der Waals surface area contributed by atoms with Crippen LogP contribution in [0.25, 0.3) is 0 Å². The van der Waals surface area contributed by atoms with Crippen LogP contribution in [0.3, 0.4) is 0 Å². The van der Waals surface area contributed by atoms with Gasteiger partial charge < -0.3 is 5.11 Å². The van der Waals surface area contributed by atoms with E-state index in [0.717, 1.165) is 29.8 Å². The molecule has 23 heavy (non-hydrogen) atoms. The van der Waals surface area contributed by atoms with E-state index in [1.165, 1.54) is 0 Å². The van der Waals surface area contributed by atoms with Crippen molar-refractivity contribution in [2.24, 2.45) is 5.41 Å². The summed E-state index contributed by atoms with van der Waals surface area (Å²) in [6, 6.07) is 7.35. The molecule has 1 spiro atoms. The molecule has 1 saturated heterocycles. The van der Waals surface area contributed by atoms with Gasteiger partial charge in [0.15, 0.2) is 0 Å². The SMILES string of the molecule is CC(C)(C)N1CCCC2(Cc3ccccc3N(C(=O)O)C2=O)C1. The van der Waals surface area contributed by atoms with Gasteiger partial charge in [0.2, 0.25) is 5.91 Å². The maximum atomic E-state index is 13.1. The number of hydrogen-bond acceptors (Lipinski definition) is 3. The first-order valence-corrected chi connectivity index (χ1v) is 8.15. The van der Waals surface area contributed by atoms with Crippen molar-refractivity contribution in [3.63, 3.8) is 0 Å². The van der Waals surface area contributed by atoms with Crippen LogP contribution in [-0.2, 0) is 11.2 Å². The Hall–Kier alpha value is -1.88. The van der Waals surface area contributed by atoms with Gasteiger partial charge in [-0.05, 0) is 58.2 Å². The zero-order chi connectivity index (χ0) is 16.8. The lowest BCUT2D eigenvalue weighted by atomic mass is 9.70. The van der Waals surface area contributed by atoms with E-state index >= 15 is 0 Å². The van der Waals surface area contributed by atoms with Crippen LogP contribution in [0.15, 0.2) is 24.3 Å². The molecule has 1 fully saturated rings. The van der Waals surface area contributed by atoms with Crippen molar-refractivity contribution in [3.05, 3.63) is 29.8 Å². The fourth-order valence-electron chi connectivity index (χ4n) is 3.88. The van der Waals surface area contributed by atoms with Gasteiger partial charge in [0, 0.05) is 12.1 Å². The summed E-state index contributed by atoms with van der Waals surface area (Å²) in [6.45, 7) is 7.99. The maximum absolute atomic E-state index is 13.1. The van der Waals surface area contributed by atoms with E-state index in [-0.39, 0.29) is 11.4 Å². The standard InChI is InChI=1S/C18H24N2O3/c1-17(2,3)19-10-6-9-18(12-19)11-13-7-4-5-8-14(13)20(15(18)21)16(22)23/h4-5,7-8H,6,9-12H2,1-3H3,(H,22,23). The van der Waals surface area contributed by atoms with Crippen molar-refractivity contribution in [2.75, 3.05) is 18.0 Å². The maximum Gasteiger partial charge on any atom is 0.418 e. The molecule has 1 unspecified atom stereocenters. The van der Waals surface area contributed by atoms with Crippen molar-refractivity contribution >= 4 is 17.7 Å². The smallest absolute Gasteiger partial charge is 0.418 e. The minimum atomic E-state index is -1.19. The van der Waals surface area contributed by atoms with Crippen molar-refractivity contribution in [2.45, 2.75) is 45.6 Å². The number of likely N-dealkylation sites (tertiary alicyclic amines) is 1. The zero-order valence-electron chi connectivity index (χ0n) is 14.0. The third-order valence-electron chi connectivity index (χ3n) is 5.13. The highest BCUT2D eigenvalue weighted by molar-refractivity contribution is 6.15. The van der Waals surface area contributed by atoms with E-state index in [1.807, 2.05) is 12.1 Å². The van der Waals surface area contributed by atoms with Crippen molar-refractivity contribution < 1.29 is 14.7 Å². The van der Waals surface area contributed by atoms with Crippen molar-refractivity contribution in [1.82, 2.24) is 4.90 Å². The predicted octanol–water partition coefficient (Wildman–Crippen LogP) is 3.13. The minimum Gasteiger partial charge on any atom is -0.464 e. The quantitative estimate of drug-likeness (QED) is 0.799. The van der Waals surface area contributed by atoms with E-state index in [0.29, 0.717) is 18.7 Å². The Balaban J connectivity index is 2.04.